The molecule has 0 bridgehead atoms. The minimum absolute atomic E-state index is 0.182. The van der Waals surface area contributed by atoms with Gasteiger partial charge in [-0.05, 0) is 73.5 Å². The fourth-order valence-corrected chi connectivity index (χ4v) is 9.65. The molecule has 5 atom stereocenters. The van der Waals surface area contributed by atoms with Gasteiger partial charge in [0.05, 0.1) is 21.4 Å². The lowest BCUT2D eigenvalue weighted by Crippen LogP contribution is -2.60. The van der Waals surface area contributed by atoms with Gasteiger partial charge in [0.15, 0.2) is 5.78 Å². The number of halogens is 4. The summed E-state index contributed by atoms with van der Waals surface area (Å²) in [6.45, 7) is 0.459. The highest BCUT2D eigenvalue weighted by Crippen LogP contribution is 2.70. The van der Waals surface area contributed by atoms with Gasteiger partial charge in [-0.25, -0.2) is 0 Å². The molecule has 2 fully saturated rings. The zero-order valence-electron chi connectivity index (χ0n) is 24.6. The summed E-state index contributed by atoms with van der Waals surface area (Å²) in [5, 5.41) is 9.67. The summed E-state index contributed by atoms with van der Waals surface area (Å²) in [7, 11) is 1.93. The Kier molecular flexibility index (Phi) is 6.88. The fourth-order valence-electron chi connectivity index (χ4n) is 8.81. The number of carbonyl (C=O) groups is 2. The molecule has 1 amide bonds. The first-order chi connectivity index (χ1) is 22.1. The van der Waals surface area contributed by atoms with Gasteiger partial charge in [0, 0.05) is 39.3 Å². The van der Waals surface area contributed by atoms with E-state index >= 15 is 4.79 Å². The summed E-state index contributed by atoms with van der Waals surface area (Å²) in [5.74, 6) is -1.45. The van der Waals surface area contributed by atoms with Gasteiger partial charge < -0.3 is 10.2 Å². The molecular formula is C36H27Cl4N3O3. The molecule has 0 unspecified atom stereocenters. The van der Waals surface area contributed by atoms with Crippen LogP contribution in [0.3, 0.4) is 0 Å². The number of amides is 1. The number of nitrogens with zero attached hydrogens (tertiary/aromatic N) is 2. The van der Waals surface area contributed by atoms with Crippen LogP contribution in [0.2, 0.25) is 20.1 Å². The number of para-hydroxylation sites is 1. The van der Waals surface area contributed by atoms with E-state index in [2.05, 4.69) is 10.5 Å². The molecule has 1 saturated carbocycles. The Balaban J connectivity index is 1.37. The van der Waals surface area contributed by atoms with Crippen LogP contribution in [0.1, 0.15) is 46.9 Å². The molecule has 10 heteroatoms. The smallest absolute Gasteiger partial charge is 0.250 e. The van der Waals surface area contributed by atoms with Gasteiger partial charge in [-0.2, -0.15) is 0 Å². The quantitative estimate of drug-likeness (QED) is 0.234. The lowest BCUT2D eigenvalue weighted by atomic mass is 9.58. The number of fused-ring (bicyclic) bond motifs is 3. The Morgan fingerprint density at radius 2 is 1.43 bits per heavy atom. The molecule has 4 aliphatic rings. The predicted octanol–water partition coefficient (Wildman–Crippen LogP) is 8.48. The van der Waals surface area contributed by atoms with E-state index in [1.165, 1.54) is 0 Å². The Labute approximate surface area is 286 Å². The minimum atomic E-state index is -1.45. The maximum Gasteiger partial charge on any atom is 0.250 e. The summed E-state index contributed by atoms with van der Waals surface area (Å²) >= 11 is 26.2. The standard InChI is InChI=1S/C36H27Cl4N3O3/c1-43-19-25(20-9-13-22(37)14-10-20)34(36(43)24-5-2-3-8-28(24)41-33(36)45)17-18-35(32(34)44)30(21-11-15-23(38)16-12-21)31(42-46-35)29-26(39)6-4-7-27(29)40/h2-16,25,30H,17-19H2,1H3,(H,41,45)/t25-,30-,34+,35+,36-/m0/s1. The van der Waals surface area contributed by atoms with Crippen LogP contribution in [0, 0.1) is 5.41 Å². The van der Waals surface area contributed by atoms with E-state index in [0.29, 0.717) is 56.4 Å². The average molecular weight is 691 g/mol. The van der Waals surface area contributed by atoms with Gasteiger partial charge in [-0.3, -0.25) is 14.5 Å². The van der Waals surface area contributed by atoms with Crippen molar-refractivity contribution in [3.63, 3.8) is 0 Å². The summed E-state index contributed by atoms with van der Waals surface area (Å²) in [4.78, 5) is 39.0. The third kappa shape index (κ3) is 3.79. The van der Waals surface area contributed by atoms with E-state index in [0.717, 1.165) is 16.7 Å². The monoisotopic (exact) mass is 689 g/mol. The maximum absolute atomic E-state index is 15.9. The molecule has 8 rings (SSSR count). The molecular weight excluding hydrogens is 664 g/mol. The second-order valence-corrected chi connectivity index (χ2v) is 14.2. The lowest BCUT2D eigenvalue weighted by molar-refractivity contribution is -0.154. The SMILES string of the molecule is CN1C[C@@H](c2ccc(Cl)cc2)[C@@]2(CC[C@]3(ON=C(c4c(Cl)cccc4Cl)[C@@H]3c3ccc(Cl)cc3)C2=O)[C@]12C(=O)Nc1ccccc12. The van der Waals surface area contributed by atoms with Gasteiger partial charge in [0.2, 0.25) is 5.60 Å². The van der Waals surface area contributed by atoms with Crippen LogP contribution in [0.4, 0.5) is 5.69 Å². The van der Waals surface area contributed by atoms with Crippen molar-refractivity contribution in [3.8, 4) is 0 Å². The number of nitrogens with one attached hydrogen (secondary N) is 1. The average Bonchev–Trinajstić information content (AvgIpc) is 3.74. The van der Waals surface area contributed by atoms with Crippen molar-refractivity contribution in [2.24, 2.45) is 10.6 Å². The molecule has 1 saturated heterocycles. The first-order valence-corrected chi connectivity index (χ1v) is 16.5. The normalized spacial score (nSPS) is 29.9. The van der Waals surface area contributed by atoms with Crippen LogP contribution in [-0.2, 0) is 20.0 Å². The summed E-state index contributed by atoms with van der Waals surface area (Å²) in [6, 6.07) is 27.8. The van der Waals surface area contributed by atoms with Gasteiger partial charge in [-0.1, -0.05) is 100 Å². The summed E-state index contributed by atoms with van der Waals surface area (Å²) in [5.41, 5.74) is 0.169. The molecule has 0 radical (unpaired) electrons. The van der Waals surface area contributed by atoms with Crippen molar-refractivity contribution in [1.29, 1.82) is 0 Å². The molecule has 6 nitrogen and oxygen atoms in total. The molecule has 3 spiro atoms. The van der Waals surface area contributed by atoms with Crippen LogP contribution >= 0.6 is 46.4 Å². The third-order valence-corrected chi connectivity index (χ3v) is 11.7. The van der Waals surface area contributed by atoms with Crippen LogP contribution in [-0.4, -0.2) is 41.5 Å². The van der Waals surface area contributed by atoms with E-state index in [-0.39, 0.29) is 17.6 Å². The highest BCUT2D eigenvalue weighted by molar-refractivity contribution is 6.41. The van der Waals surface area contributed by atoms with Crippen molar-refractivity contribution in [2.45, 2.75) is 35.8 Å². The van der Waals surface area contributed by atoms with E-state index in [4.69, 9.17) is 51.2 Å². The number of Topliss-reactive ketones (excluding diaryl/α,β-unsaturated/α-hetero) is 1. The molecule has 0 aromatic heterocycles. The van der Waals surface area contributed by atoms with Crippen molar-refractivity contribution in [1.82, 2.24) is 4.90 Å². The predicted molar refractivity (Wildman–Crippen MR) is 181 cm³/mol. The topological polar surface area (TPSA) is 71.0 Å². The van der Waals surface area contributed by atoms with E-state index in [1.54, 1.807) is 30.3 Å². The molecule has 1 aliphatic carbocycles. The number of likely N-dealkylation sites (N-methyl/N-ethyl adjacent to an activating group) is 1. The summed E-state index contributed by atoms with van der Waals surface area (Å²) in [6.07, 6.45) is 0.678. The van der Waals surface area contributed by atoms with Crippen LogP contribution < -0.4 is 5.32 Å². The molecule has 46 heavy (non-hydrogen) atoms. The van der Waals surface area contributed by atoms with Gasteiger partial charge in [0.25, 0.3) is 5.91 Å². The number of benzene rings is 4. The number of hydrogen-bond donors (Lipinski definition) is 1. The molecule has 3 aliphatic heterocycles. The second kappa shape index (κ2) is 10.6. The largest absolute Gasteiger partial charge is 0.380 e. The molecule has 3 heterocycles. The summed E-state index contributed by atoms with van der Waals surface area (Å²) < 4.78 is 0. The van der Waals surface area contributed by atoms with Gasteiger partial charge in [-0.15, -0.1) is 0 Å². The number of rotatable bonds is 3. The van der Waals surface area contributed by atoms with Crippen molar-refractivity contribution < 1.29 is 14.4 Å². The number of hydrogen-bond acceptors (Lipinski definition) is 5. The van der Waals surface area contributed by atoms with Crippen molar-refractivity contribution in [3.05, 3.63) is 133 Å². The highest BCUT2D eigenvalue weighted by Gasteiger charge is 2.80. The highest BCUT2D eigenvalue weighted by atomic mass is 35.5. The maximum atomic E-state index is 15.9. The van der Waals surface area contributed by atoms with Crippen LogP contribution in [0.15, 0.2) is 96.2 Å². The molecule has 4 aromatic carbocycles. The second-order valence-electron chi connectivity index (χ2n) is 12.5. The zero-order valence-corrected chi connectivity index (χ0v) is 27.6. The molecule has 232 valence electrons. The minimum Gasteiger partial charge on any atom is -0.380 e. The Morgan fingerprint density at radius 3 is 2.11 bits per heavy atom. The number of ketones is 1. The van der Waals surface area contributed by atoms with E-state index in [9.17, 15) is 4.79 Å². The van der Waals surface area contributed by atoms with Gasteiger partial charge in [0.1, 0.15) is 11.3 Å². The Bertz CT molecular complexity index is 1950. The number of likely N-dealkylation sites (tertiary alicyclic amines) is 1. The van der Waals surface area contributed by atoms with Crippen LogP contribution in [0.25, 0.3) is 0 Å². The Morgan fingerprint density at radius 1 is 0.804 bits per heavy atom. The number of carbonyl (C=O) groups excluding carboxylic acids is 2. The zero-order chi connectivity index (χ0) is 32.0. The molecule has 1 N–H and O–H groups in total. The third-order valence-electron chi connectivity index (χ3n) is 10.6. The van der Waals surface area contributed by atoms with Gasteiger partial charge >= 0.3 is 0 Å². The van der Waals surface area contributed by atoms with E-state index < -0.39 is 22.5 Å². The fraction of sp³-hybridized carbons (Fsp3) is 0.250. The van der Waals surface area contributed by atoms with Crippen molar-refractivity contribution >= 4 is 69.5 Å². The van der Waals surface area contributed by atoms with Crippen molar-refractivity contribution in [2.75, 3.05) is 18.9 Å². The number of anilines is 1. The number of oxime groups is 1. The lowest BCUT2D eigenvalue weighted by Gasteiger charge is -2.44. The van der Waals surface area contributed by atoms with Crippen LogP contribution in [0.5, 0.6) is 0 Å². The molecule has 4 aromatic rings. The Hall–Kier alpha value is -3.39. The first-order valence-electron chi connectivity index (χ1n) is 15.0. The first kappa shape index (κ1) is 30.0. The van der Waals surface area contributed by atoms with E-state index in [1.807, 2.05) is 72.6 Å².